The Morgan fingerprint density at radius 1 is 1.46 bits per heavy atom. The molecule has 74 valence electrons. The van der Waals surface area contributed by atoms with E-state index in [2.05, 4.69) is 18.5 Å². The van der Waals surface area contributed by atoms with Gasteiger partial charge in [0.1, 0.15) is 5.60 Å². The Kier molecular flexibility index (Phi) is 2.69. The van der Waals surface area contributed by atoms with Crippen LogP contribution in [0.3, 0.4) is 0 Å². The van der Waals surface area contributed by atoms with Crippen LogP contribution >= 0.6 is 0 Å². The Morgan fingerprint density at radius 2 is 2.00 bits per heavy atom. The van der Waals surface area contributed by atoms with E-state index in [1.807, 2.05) is 20.8 Å². The highest BCUT2D eigenvalue weighted by Gasteiger charge is 2.22. The molecule has 0 aromatic heterocycles. The average molecular weight is 181 g/mol. The van der Waals surface area contributed by atoms with Crippen molar-refractivity contribution in [2.75, 3.05) is 0 Å². The van der Waals surface area contributed by atoms with Crippen LogP contribution in [0.2, 0.25) is 0 Å². The Hall–Kier alpha value is -0.920. The first-order valence-electron chi connectivity index (χ1n) is 4.68. The molecular weight excluding hydrogens is 162 g/mol. The molecule has 1 aliphatic rings. The Labute approximate surface area is 80.7 Å². The fourth-order valence-electron chi connectivity index (χ4n) is 1.37. The molecule has 0 heterocycles. The topological polar surface area (TPSA) is 21.3 Å². The van der Waals surface area contributed by atoms with Gasteiger partial charge in [-0.25, -0.2) is 0 Å². The monoisotopic (exact) mass is 181 g/mol. The van der Waals surface area contributed by atoms with Crippen LogP contribution in [0.4, 0.5) is 0 Å². The zero-order chi connectivity index (χ0) is 10.1. The summed E-state index contributed by atoms with van der Waals surface area (Å²) >= 11 is 0. The second-order valence-corrected chi connectivity index (χ2v) is 4.64. The molecule has 0 aliphatic heterocycles. The van der Waals surface area contributed by atoms with Crippen molar-refractivity contribution >= 4 is 0 Å². The third-order valence-electron chi connectivity index (χ3n) is 1.86. The zero-order valence-corrected chi connectivity index (χ0v) is 8.81. The van der Waals surface area contributed by atoms with Crippen molar-refractivity contribution in [3.8, 4) is 0 Å². The summed E-state index contributed by atoms with van der Waals surface area (Å²) in [6, 6.07) is 0.488. The van der Waals surface area contributed by atoms with E-state index in [1.165, 1.54) is 5.57 Å². The van der Waals surface area contributed by atoms with Crippen molar-refractivity contribution in [3.63, 3.8) is 0 Å². The van der Waals surface area contributed by atoms with Crippen LogP contribution in [0.25, 0.3) is 0 Å². The maximum absolute atomic E-state index is 5.54. The van der Waals surface area contributed by atoms with E-state index in [9.17, 15) is 0 Å². The molecule has 1 aliphatic carbocycles. The van der Waals surface area contributed by atoms with Gasteiger partial charge in [0.15, 0.2) is 5.88 Å². The summed E-state index contributed by atoms with van der Waals surface area (Å²) < 4.78 is 5.54. The predicted octanol–water partition coefficient (Wildman–Crippen LogP) is 2.58. The fraction of sp³-hybridized carbons (Fsp3) is 0.636. The first kappa shape index (κ1) is 10.2. The van der Waals surface area contributed by atoms with Gasteiger partial charge in [-0.3, -0.25) is 0 Å². The molecule has 1 saturated carbocycles. The van der Waals surface area contributed by atoms with Gasteiger partial charge in [-0.15, -0.1) is 0 Å². The van der Waals surface area contributed by atoms with Gasteiger partial charge in [-0.2, -0.15) is 0 Å². The summed E-state index contributed by atoms with van der Waals surface area (Å²) in [7, 11) is 0. The number of ether oxygens (including phenoxy) is 1. The van der Waals surface area contributed by atoms with Crippen molar-refractivity contribution in [2.24, 2.45) is 0 Å². The molecule has 0 aromatic rings. The molecule has 2 nitrogen and oxygen atoms in total. The highest BCUT2D eigenvalue weighted by Crippen LogP contribution is 2.25. The van der Waals surface area contributed by atoms with Crippen LogP contribution in [-0.4, -0.2) is 11.6 Å². The SMILES string of the molecule is C=C1CC(NC(=C)OC(C)(C)C)C1. The summed E-state index contributed by atoms with van der Waals surface area (Å²) in [6.45, 7) is 13.7. The zero-order valence-electron chi connectivity index (χ0n) is 8.81. The molecule has 0 bridgehead atoms. The first-order chi connectivity index (χ1) is 5.87. The molecular formula is C11H19NO. The van der Waals surface area contributed by atoms with E-state index in [4.69, 9.17) is 4.74 Å². The highest BCUT2D eigenvalue weighted by molar-refractivity contribution is 5.12. The lowest BCUT2D eigenvalue weighted by atomic mass is 9.88. The normalized spacial score (nSPS) is 17.9. The number of rotatable bonds is 3. The second kappa shape index (κ2) is 3.44. The molecule has 0 amide bonds. The summed E-state index contributed by atoms with van der Waals surface area (Å²) in [5, 5.41) is 3.23. The third kappa shape index (κ3) is 3.53. The maximum atomic E-state index is 5.54. The van der Waals surface area contributed by atoms with Crippen LogP contribution in [0, 0.1) is 0 Å². The number of nitrogens with one attached hydrogen (secondary N) is 1. The van der Waals surface area contributed by atoms with Crippen molar-refractivity contribution in [2.45, 2.75) is 45.3 Å². The van der Waals surface area contributed by atoms with Gasteiger partial charge in [0.05, 0.1) is 0 Å². The summed E-state index contributed by atoms with van der Waals surface area (Å²) in [5.41, 5.74) is 1.14. The van der Waals surface area contributed by atoms with E-state index in [-0.39, 0.29) is 5.60 Å². The van der Waals surface area contributed by atoms with Crippen LogP contribution in [0.5, 0.6) is 0 Å². The van der Waals surface area contributed by atoms with Crippen molar-refractivity contribution in [1.82, 2.24) is 5.32 Å². The summed E-state index contributed by atoms with van der Waals surface area (Å²) in [4.78, 5) is 0. The van der Waals surface area contributed by atoms with Crippen molar-refractivity contribution in [1.29, 1.82) is 0 Å². The lowest BCUT2D eigenvalue weighted by Crippen LogP contribution is -2.38. The molecule has 1 fully saturated rings. The van der Waals surface area contributed by atoms with E-state index in [1.54, 1.807) is 0 Å². The quantitative estimate of drug-likeness (QED) is 0.533. The van der Waals surface area contributed by atoms with Crippen molar-refractivity contribution in [3.05, 3.63) is 24.6 Å². The van der Waals surface area contributed by atoms with Gasteiger partial charge in [0.25, 0.3) is 0 Å². The van der Waals surface area contributed by atoms with Gasteiger partial charge >= 0.3 is 0 Å². The lowest BCUT2D eigenvalue weighted by molar-refractivity contribution is 0.0370. The first-order valence-corrected chi connectivity index (χ1v) is 4.68. The minimum absolute atomic E-state index is 0.162. The van der Waals surface area contributed by atoms with E-state index in [0.29, 0.717) is 11.9 Å². The Bertz CT molecular complexity index is 217. The minimum atomic E-state index is -0.162. The molecule has 2 heteroatoms. The molecule has 0 aromatic carbocycles. The van der Waals surface area contributed by atoms with Crippen LogP contribution in [-0.2, 0) is 4.74 Å². The molecule has 1 rings (SSSR count). The average Bonchev–Trinajstić information content (AvgIpc) is 1.79. The third-order valence-corrected chi connectivity index (χ3v) is 1.86. The van der Waals surface area contributed by atoms with E-state index < -0.39 is 0 Å². The van der Waals surface area contributed by atoms with Crippen LogP contribution in [0.15, 0.2) is 24.6 Å². The van der Waals surface area contributed by atoms with Gasteiger partial charge in [-0.1, -0.05) is 12.2 Å². The second-order valence-electron chi connectivity index (χ2n) is 4.64. The number of hydrogen-bond acceptors (Lipinski definition) is 2. The largest absolute Gasteiger partial charge is 0.474 e. The van der Waals surface area contributed by atoms with E-state index >= 15 is 0 Å². The molecule has 0 atom stereocenters. The van der Waals surface area contributed by atoms with Gasteiger partial charge < -0.3 is 10.1 Å². The molecule has 1 N–H and O–H groups in total. The fourth-order valence-corrected chi connectivity index (χ4v) is 1.37. The van der Waals surface area contributed by atoms with Gasteiger partial charge in [-0.05, 0) is 40.2 Å². The van der Waals surface area contributed by atoms with Gasteiger partial charge in [0, 0.05) is 6.04 Å². The smallest absolute Gasteiger partial charge is 0.180 e. The summed E-state index contributed by atoms with van der Waals surface area (Å²) in [5.74, 6) is 0.671. The summed E-state index contributed by atoms with van der Waals surface area (Å²) in [6.07, 6.45) is 2.10. The molecule has 0 saturated heterocycles. The highest BCUT2D eigenvalue weighted by atomic mass is 16.5. The maximum Gasteiger partial charge on any atom is 0.180 e. The van der Waals surface area contributed by atoms with E-state index in [0.717, 1.165) is 12.8 Å². The van der Waals surface area contributed by atoms with Gasteiger partial charge in [0.2, 0.25) is 0 Å². The Balaban J connectivity index is 2.22. The van der Waals surface area contributed by atoms with Crippen LogP contribution < -0.4 is 5.32 Å². The van der Waals surface area contributed by atoms with Crippen molar-refractivity contribution < 1.29 is 4.74 Å². The van der Waals surface area contributed by atoms with Crippen LogP contribution in [0.1, 0.15) is 33.6 Å². The predicted molar refractivity (Wildman–Crippen MR) is 55.3 cm³/mol. The lowest BCUT2D eigenvalue weighted by Gasteiger charge is -2.32. The molecule has 13 heavy (non-hydrogen) atoms. The minimum Gasteiger partial charge on any atom is -0.474 e. The molecule has 0 unspecified atom stereocenters. The Morgan fingerprint density at radius 3 is 2.38 bits per heavy atom. The number of hydrogen-bond donors (Lipinski definition) is 1. The molecule has 0 radical (unpaired) electrons. The molecule has 0 spiro atoms. The standard InChI is InChI=1S/C11H19NO/c1-8-6-10(7-8)12-9(2)13-11(3,4)5/h10,12H,1-2,6-7H2,3-5H3.